The van der Waals surface area contributed by atoms with Crippen molar-refractivity contribution >= 4 is 27.3 Å². The van der Waals surface area contributed by atoms with Crippen LogP contribution >= 0.6 is 15.9 Å². The molecule has 3 nitrogen and oxygen atoms in total. The number of nitrogen functional groups attached to an aromatic ring is 1. The predicted molar refractivity (Wildman–Crippen MR) is 80.0 cm³/mol. The van der Waals surface area contributed by atoms with Gasteiger partial charge in [-0.25, -0.2) is 0 Å². The fourth-order valence-corrected chi connectivity index (χ4v) is 3.51. The van der Waals surface area contributed by atoms with Gasteiger partial charge in [-0.3, -0.25) is 4.90 Å². The number of piperazine rings is 1. The molecule has 1 atom stereocenters. The summed E-state index contributed by atoms with van der Waals surface area (Å²) in [5.41, 5.74) is 8.19. The largest absolute Gasteiger partial charge is 0.397 e. The first kappa shape index (κ1) is 12.3. The van der Waals surface area contributed by atoms with E-state index in [0.29, 0.717) is 0 Å². The lowest BCUT2D eigenvalue weighted by atomic mass is 9.99. The van der Waals surface area contributed by atoms with Crippen LogP contribution in [0.5, 0.6) is 0 Å². The molecular weight excluding hydrogens is 290 g/mol. The van der Waals surface area contributed by atoms with Gasteiger partial charge in [0.25, 0.3) is 0 Å². The molecule has 4 heteroatoms. The van der Waals surface area contributed by atoms with Crippen LogP contribution in [0, 0.1) is 0 Å². The van der Waals surface area contributed by atoms with Crippen LogP contribution in [0.2, 0.25) is 0 Å². The number of hydrogen-bond acceptors (Lipinski definition) is 3. The Hall–Kier alpha value is -0.740. The van der Waals surface area contributed by atoms with Crippen molar-refractivity contribution in [1.29, 1.82) is 0 Å². The first-order valence-electron chi connectivity index (χ1n) is 6.78. The van der Waals surface area contributed by atoms with E-state index in [0.717, 1.165) is 29.3 Å². The molecule has 1 aromatic carbocycles. The summed E-state index contributed by atoms with van der Waals surface area (Å²) < 4.78 is 1.11. The third-order valence-corrected chi connectivity index (χ3v) is 4.66. The van der Waals surface area contributed by atoms with E-state index in [1.807, 2.05) is 12.1 Å². The molecule has 1 aromatic rings. The van der Waals surface area contributed by atoms with Crippen LogP contribution in [0.15, 0.2) is 22.7 Å². The Balaban J connectivity index is 1.79. The Morgan fingerprint density at radius 1 is 1.17 bits per heavy atom. The summed E-state index contributed by atoms with van der Waals surface area (Å²) in [7, 11) is 0. The Morgan fingerprint density at radius 3 is 2.94 bits per heavy atom. The zero-order chi connectivity index (χ0) is 12.5. The summed E-state index contributed by atoms with van der Waals surface area (Å²) in [5.74, 6) is 0. The lowest BCUT2D eigenvalue weighted by molar-refractivity contribution is 0.133. The maximum atomic E-state index is 6.11. The minimum Gasteiger partial charge on any atom is -0.397 e. The molecule has 0 radical (unpaired) electrons. The second-order valence-electron chi connectivity index (χ2n) is 5.33. The average molecular weight is 310 g/mol. The van der Waals surface area contributed by atoms with Crippen molar-refractivity contribution < 1.29 is 0 Å². The van der Waals surface area contributed by atoms with E-state index in [-0.39, 0.29) is 0 Å². The maximum absolute atomic E-state index is 6.11. The monoisotopic (exact) mass is 309 g/mol. The molecule has 2 aliphatic rings. The van der Waals surface area contributed by atoms with Crippen molar-refractivity contribution in [3.05, 3.63) is 22.7 Å². The van der Waals surface area contributed by atoms with Gasteiger partial charge in [0, 0.05) is 30.1 Å². The summed E-state index contributed by atoms with van der Waals surface area (Å²) in [4.78, 5) is 5.10. The van der Waals surface area contributed by atoms with E-state index in [9.17, 15) is 0 Å². The zero-order valence-corrected chi connectivity index (χ0v) is 12.2. The van der Waals surface area contributed by atoms with E-state index >= 15 is 0 Å². The first-order valence-corrected chi connectivity index (χ1v) is 7.57. The number of fused-ring (bicyclic) bond motifs is 1. The highest BCUT2D eigenvalue weighted by molar-refractivity contribution is 9.10. The molecule has 0 aromatic heterocycles. The Kier molecular flexibility index (Phi) is 3.48. The van der Waals surface area contributed by atoms with Gasteiger partial charge in [-0.05, 0) is 37.6 Å². The van der Waals surface area contributed by atoms with Crippen molar-refractivity contribution in [2.75, 3.05) is 36.8 Å². The zero-order valence-electron chi connectivity index (χ0n) is 10.6. The van der Waals surface area contributed by atoms with Crippen molar-refractivity contribution in [1.82, 2.24) is 4.90 Å². The van der Waals surface area contributed by atoms with Gasteiger partial charge < -0.3 is 10.6 Å². The van der Waals surface area contributed by atoms with Crippen LogP contribution in [0.3, 0.4) is 0 Å². The van der Waals surface area contributed by atoms with E-state index in [2.05, 4.69) is 31.8 Å². The average Bonchev–Trinajstić information content (AvgIpc) is 2.41. The molecular formula is C14H20BrN3. The third kappa shape index (κ3) is 2.36. The lowest BCUT2D eigenvalue weighted by Crippen LogP contribution is -2.55. The molecule has 18 heavy (non-hydrogen) atoms. The first-order chi connectivity index (χ1) is 8.74. The molecule has 2 heterocycles. The molecule has 3 rings (SSSR count). The molecule has 2 N–H and O–H groups in total. The van der Waals surface area contributed by atoms with Crippen LogP contribution in [-0.4, -0.2) is 37.1 Å². The SMILES string of the molecule is Nc1ccc(Br)cc1N1CCN2CCCCC2C1. The van der Waals surface area contributed by atoms with Gasteiger partial charge in [0.2, 0.25) is 0 Å². The molecule has 0 saturated carbocycles. The number of hydrogen-bond donors (Lipinski definition) is 1. The fraction of sp³-hybridized carbons (Fsp3) is 0.571. The maximum Gasteiger partial charge on any atom is 0.0612 e. The Labute approximate surface area is 117 Å². The summed E-state index contributed by atoms with van der Waals surface area (Å²) in [6, 6.07) is 6.88. The topological polar surface area (TPSA) is 32.5 Å². The molecule has 2 aliphatic heterocycles. The van der Waals surface area contributed by atoms with Crippen molar-refractivity contribution in [2.45, 2.75) is 25.3 Å². The van der Waals surface area contributed by atoms with Crippen LogP contribution in [-0.2, 0) is 0 Å². The quantitative estimate of drug-likeness (QED) is 0.810. The number of nitrogens with two attached hydrogens (primary N) is 1. The number of halogens is 1. The summed E-state index contributed by atoms with van der Waals surface area (Å²) in [6.07, 6.45) is 4.09. The van der Waals surface area contributed by atoms with Gasteiger partial charge in [-0.15, -0.1) is 0 Å². The smallest absolute Gasteiger partial charge is 0.0612 e. The second kappa shape index (κ2) is 5.10. The van der Waals surface area contributed by atoms with Gasteiger partial charge >= 0.3 is 0 Å². The molecule has 98 valence electrons. The van der Waals surface area contributed by atoms with E-state index < -0.39 is 0 Å². The number of nitrogens with zero attached hydrogens (tertiary/aromatic N) is 2. The van der Waals surface area contributed by atoms with E-state index in [1.165, 1.54) is 38.0 Å². The van der Waals surface area contributed by atoms with E-state index in [4.69, 9.17) is 5.73 Å². The molecule has 2 fully saturated rings. The number of rotatable bonds is 1. The number of benzene rings is 1. The Morgan fingerprint density at radius 2 is 2.06 bits per heavy atom. The second-order valence-corrected chi connectivity index (χ2v) is 6.25. The molecule has 0 spiro atoms. The minimum absolute atomic E-state index is 0.728. The number of anilines is 2. The van der Waals surface area contributed by atoms with Gasteiger partial charge in [-0.1, -0.05) is 22.4 Å². The van der Waals surface area contributed by atoms with Crippen molar-refractivity contribution in [2.24, 2.45) is 0 Å². The van der Waals surface area contributed by atoms with Crippen LogP contribution in [0.25, 0.3) is 0 Å². The minimum atomic E-state index is 0.728. The van der Waals surface area contributed by atoms with Gasteiger partial charge in [0.05, 0.1) is 11.4 Å². The normalized spacial score (nSPS) is 24.9. The molecule has 0 bridgehead atoms. The Bertz CT molecular complexity index is 435. The van der Waals surface area contributed by atoms with Crippen LogP contribution in [0.4, 0.5) is 11.4 Å². The molecule has 2 saturated heterocycles. The van der Waals surface area contributed by atoms with Gasteiger partial charge in [-0.2, -0.15) is 0 Å². The van der Waals surface area contributed by atoms with Crippen LogP contribution < -0.4 is 10.6 Å². The summed E-state index contributed by atoms with van der Waals surface area (Å²) in [5, 5.41) is 0. The van der Waals surface area contributed by atoms with Crippen LogP contribution in [0.1, 0.15) is 19.3 Å². The van der Waals surface area contributed by atoms with Crippen molar-refractivity contribution in [3.8, 4) is 0 Å². The highest BCUT2D eigenvalue weighted by atomic mass is 79.9. The summed E-state index contributed by atoms with van der Waals surface area (Å²) >= 11 is 3.54. The molecule has 0 aliphatic carbocycles. The lowest BCUT2D eigenvalue weighted by Gasteiger charge is -2.45. The fourth-order valence-electron chi connectivity index (χ4n) is 3.17. The van der Waals surface area contributed by atoms with E-state index in [1.54, 1.807) is 0 Å². The number of piperidine rings is 1. The summed E-state index contributed by atoms with van der Waals surface area (Å²) in [6.45, 7) is 4.68. The van der Waals surface area contributed by atoms with Gasteiger partial charge in [0.15, 0.2) is 0 Å². The van der Waals surface area contributed by atoms with Gasteiger partial charge in [0.1, 0.15) is 0 Å². The highest BCUT2D eigenvalue weighted by Crippen LogP contribution is 2.30. The molecule has 1 unspecified atom stereocenters. The third-order valence-electron chi connectivity index (χ3n) is 4.17. The molecule has 0 amide bonds. The highest BCUT2D eigenvalue weighted by Gasteiger charge is 2.29. The standard InChI is InChI=1S/C14H20BrN3/c15-11-4-5-13(16)14(9-11)18-8-7-17-6-2-1-3-12(17)10-18/h4-5,9,12H,1-3,6-8,10,16H2. The van der Waals surface area contributed by atoms with Crippen molar-refractivity contribution in [3.63, 3.8) is 0 Å². The predicted octanol–water partition coefficient (Wildman–Crippen LogP) is 2.71.